The first-order valence-electron chi connectivity index (χ1n) is 6.75. The molecule has 0 aliphatic carbocycles. The number of carbonyl (C=O) groups is 1. The molecule has 20 heavy (non-hydrogen) atoms. The highest BCUT2D eigenvalue weighted by Gasteiger charge is 2.20. The molecule has 1 amide bonds. The number of rotatable bonds is 3. The lowest BCUT2D eigenvalue weighted by molar-refractivity contribution is 0.0945. The molecule has 1 unspecified atom stereocenters. The van der Waals surface area contributed by atoms with Crippen molar-refractivity contribution in [1.82, 2.24) is 25.2 Å². The lowest BCUT2D eigenvalue weighted by Gasteiger charge is -2.19. The van der Waals surface area contributed by atoms with Crippen molar-refractivity contribution in [3.63, 3.8) is 0 Å². The fraction of sp³-hybridized carbons (Fsp3) is 0.538. The van der Waals surface area contributed by atoms with E-state index < -0.39 is 0 Å². The van der Waals surface area contributed by atoms with E-state index >= 15 is 0 Å². The highest BCUT2D eigenvalue weighted by atomic mass is 16.6. The summed E-state index contributed by atoms with van der Waals surface area (Å²) in [6.07, 6.45) is 3.89. The van der Waals surface area contributed by atoms with E-state index in [1.807, 2.05) is 6.20 Å². The number of amides is 1. The number of nitrogens with zero attached hydrogens (tertiary/aromatic N) is 4. The molecule has 2 aromatic rings. The van der Waals surface area contributed by atoms with Crippen molar-refractivity contribution in [1.29, 1.82) is 0 Å². The Hall–Kier alpha value is -2.18. The van der Waals surface area contributed by atoms with E-state index in [2.05, 4.69) is 36.7 Å². The average Bonchev–Trinajstić information content (AvgIpc) is 3.01. The molecular weight excluding hydrogens is 258 g/mol. The highest BCUT2D eigenvalue weighted by Crippen LogP contribution is 2.19. The van der Waals surface area contributed by atoms with Gasteiger partial charge < -0.3 is 9.88 Å². The van der Waals surface area contributed by atoms with Gasteiger partial charge in [-0.1, -0.05) is 17.2 Å². The van der Waals surface area contributed by atoms with Crippen molar-refractivity contribution in [2.75, 3.05) is 0 Å². The van der Waals surface area contributed by atoms with Gasteiger partial charge in [0.1, 0.15) is 22.9 Å². The maximum absolute atomic E-state index is 12.1. The van der Waals surface area contributed by atoms with Crippen LogP contribution in [0.1, 0.15) is 41.0 Å². The van der Waals surface area contributed by atoms with E-state index in [9.17, 15) is 4.79 Å². The summed E-state index contributed by atoms with van der Waals surface area (Å²) in [5.41, 5.74) is 1.78. The normalized spacial score (nSPS) is 17.8. The molecule has 7 heteroatoms. The Labute approximate surface area is 116 Å². The van der Waals surface area contributed by atoms with Crippen LogP contribution in [-0.4, -0.2) is 25.8 Å². The number of fused-ring (bicyclic) bond motifs is 1. The second kappa shape index (κ2) is 5.07. The number of hydrogen-bond acceptors (Lipinski definition) is 5. The summed E-state index contributed by atoms with van der Waals surface area (Å²) in [6, 6.07) is 0. The second-order valence-corrected chi connectivity index (χ2v) is 5.32. The average molecular weight is 275 g/mol. The van der Waals surface area contributed by atoms with Crippen molar-refractivity contribution in [2.45, 2.75) is 39.8 Å². The second-order valence-electron chi connectivity index (χ2n) is 5.32. The van der Waals surface area contributed by atoms with Gasteiger partial charge in [0.15, 0.2) is 0 Å². The van der Waals surface area contributed by atoms with Gasteiger partial charge in [-0.2, -0.15) is 0 Å². The molecule has 0 bridgehead atoms. The van der Waals surface area contributed by atoms with Crippen molar-refractivity contribution in [2.24, 2.45) is 5.92 Å². The molecule has 1 N–H and O–H groups in total. The van der Waals surface area contributed by atoms with Crippen LogP contribution in [0.15, 0.2) is 10.8 Å². The van der Waals surface area contributed by atoms with Gasteiger partial charge in [-0.25, -0.2) is 9.61 Å². The molecule has 1 atom stereocenters. The van der Waals surface area contributed by atoms with Gasteiger partial charge in [-0.15, -0.1) is 0 Å². The van der Waals surface area contributed by atoms with Gasteiger partial charge >= 0.3 is 0 Å². The van der Waals surface area contributed by atoms with E-state index in [1.165, 1.54) is 0 Å². The Morgan fingerprint density at radius 1 is 1.55 bits per heavy atom. The van der Waals surface area contributed by atoms with Gasteiger partial charge in [0.25, 0.3) is 5.91 Å². The van der Waals surface area contributed by atoms with Crippen molar-refractivity contribution < 1.29 is 9.42 Å². The summed E-state index contributed by atoms with van der Waals surface area (Å²) in [6.45, 7) is 5.23. The van der Waals surface area contributed by atoms with Gasteiger partial charge in [0.2, 0.25) is 0 Å². The summed E-state index contributed by atoms with van der Waals surface area (Å²) in [5, 5.41) is 10.2. The van der Waals surface area contributed by atoms with Crippen LogP contribution in [-0.2, 0) is 19.5 Å². The quantitative estimate of drug-likeness (QED) is 0.906. The van der Waals surface area contributed by atoms with Gasteiger partial charge in [0.05, 0.1) is 6.54 Å². The number of aryl methyl sites for hydroxylation is 2. The first kappa shape index (κ1) is 12.8. The Balaban J connectivity index is 1.67. The maximum Gasteiger partial charge on any atom is 0.271 e. The van der Waals surface area contributed by atoms with E-state index in [0.29, 0.717) is 29.5 Å². The van der Waals surface area contributed by atoms with E-state index in [1.54, 1.807) is 6.92 Å². The van der Waals surface area contributed by atoms with Gasteiger partial charge in [-0.05, 0) is 19.3 Å². The molecule has 7 nitrogen and oxygen atoms in total. The molecule has 1 aliphatic heterocycles. The van der Waals surface area contributed by atoms with E-state index in [4.69, 9.17) is 0 Å². The molecule has 0 fully saturated rings. The number of imidazole rings is 1. The SMILES string of the molecule is Cc1nonc1CNC(=O)c1cn2c(n1)CCC(C)C2. The Morgan fingerprint density at radius 2 is 2.40 bits per heavy atom. The number of carbonyl (C=O) groups excluding carboxylic acids is 1. The van der Waals surface area contributed by atoms with Crippen LogP contribution >= 0.6 is 0 Å². The van der Waals surface area contributed by atoms with Gasteiger partial charge in [-0.3, -0.25) is 4.79 Å². The number of aromatic nitrogens is 4. The van der Waals surface area contributed by atoms with E-state index in [0.717, 1.165) is 25.2 Å². The Kier molecular flexibility index (Phi) is 3.25. The molecule has 0 saturated carbocycles. The monoisotopic (exact) mass is 275 g/mol. The predicted molar refractivity (Wildman–Crippen MR) is 69.9 cm³/mol. The minimum Gasteiger partial charge on any atom is -0.345 e. The fourth-order valence-electron chi connectivity index (χ4n) is 2.39. The van der Waals surface area contributed by atoms with Gasteiger partial charge in [0, 0.05) is 19.2 Å². The molecule has 2 aromatic heterocycles. The lowest BCUT2D eigenvalue weighted by atomic mass is 10.0. The molecular formula is C13H17N5O2. The Morgan fingerprint density at radius 3 is 3.15 bits per heavy atom. The smallest absolute Gasteiger partial charge is 0.271 e. The summed E-state index contributed by atoms with van der Waals surface area (Å²) >= 11 is 0. The zero-order chi connectivity index (χ0) is 14.1. The first-order chi connectivity index (χ1) is 9.63. The molecule has 3 rings (SSSR count). The van der Waals surface area contributed by atoms with Crippen LogP contribution in [0.4, 0.5) is 0 Å². The van der Waals surface area contributed by atoms with Crippen LogP contribution in [0.5, 0.6) is 0 Å². The zero-order valence-corrected chi connectivity index (χ0v) is 11.6. The molecule has 0 spiro atoms. The molecule has 0 saturated heterocycles. The van der Waals surface area contributed by atoms with Crippen LogP contribution < -0.4 is 5.32 Å². The van der Waals surface area contributed by atoms with Crippen molar-refractivity contribution in [3.05, 3.63) is 29.1 Å². The Bertz CT molecular complexity index is 630. The third kappa shape index (κ3) is 2.43. The summed E-state index contributed by atoms with van der Waals surface area (Å²) in [5.74, 6) is 1.44. The van der Waals surface area contributed by atoms with E-state index in [-0.39, 0.29) is 5.91 Å². The molecule has 1 aliphatic rings. The summed E-state index contributed by atoms with van der Waals surface area (Å²) in [7, 11) is 0. The van der Waals surface area contributed by atoms with Crippen LogP contribution in [0, 0.1) is 12.8 Å². The highest BCUT2D eigenvalue weighted by molar-refractivity contribution is 5.92. The first-order valence-corrected chi connectivity index (χ1v) is 6.75. The largest absolute Gasteiger partial charge is 0.345 e. The van der Waals surface area contributed by atoms with Crippen molar-refractivity contribution in [3.8, 4) is 0 Å². The summed E-state index contributed by atoms with van der Waals surface area (Å²) < 4.78 is 6.67. The maximum atomic E-state index is 12.1. The minimum absolute atomic E-state index is 0.193. The molecule has 3 heterocycles. The lowest BCUT2D eigenvalue weighted by Crippen LogP contribution is -2.23. The standard InChI is InChI=1S/C13H17N5O2/c1-8-3-4-12-15-11(7-18(12)6-8)13(19)14-5-10-9(2)16-20-17-10/h7-8H,3-6H2,1-2H3,(H,14,19). The topological polar surface area (TPSA) is 85.8 Å². The van der Waals surface area contributed by atoms with Crippen LogP contribution in [0.2, 0.25) is 0 Å². The predicted octanol–water partition coefficient (Wildman–Crippen LogP) is 1.09. The molecule has 106 valence electrons. The van der Waals surface area contributed by atoms with Crippen molar-refractivity contribution >= 4 is 5.91 Å². The van der Waals surface area contributed by atoms with Crippen LogP contribution in [0.25, 0.3) is 0 Å². The fourth-order valence-corrected chi connectivity index (χ4v) is 2.39. The minimum atomic E-state index is -0.193. The number of nitrogens with one attached hydrogen (secondary N) is 1. The van der Waals surface area contributed by atoms with Crippen LogP contribution in [0.3, 0.4) is 0 Å². The number of hydrogen-bond donors (Lipinski definition) is 1. The third-order valence-corrected chi connectivity index (χ3v) is 3.62. The molecule has 0 aromatic carbocycles. The molecule has 0 radical (unpaired) electrons. The zero-order valence-electron chi connectivity index (χ0n) is 11.6. The third-order valence-electron chi connectivity index (χ3n) is 3.62. The summed E-state index contributed by atoms with van der Waals surface area (Å²) in [4.78, 5) is 16.5.